The molecule has 18 heavy (non-hydrogen) atoms. The molecule has 3 N–H and O–H groups in total. The van der Waals surface area contributed by atoms with Gasteiger partial charge in [-0.25, -0.2) is 4.39 Å². The summed E-state index contributed by atoms with van der Waals surface area (Å²) in [5.41, 5.74) is 7.93. The minimum atomic E-state index is -0.379. The summed E-state index contributed by atoms with van der Waals surface area (Å²) in [5, 5.41) is 13.8. The molecule has 0 atom stereocenters. The summed E-state index contributed by atoms with van der Waals surface area (Å²) >= 11 is 1.54. The van der Waals surface area contributed by atoms with Crippen LogP contribution in [0, 0.1) is 24.1 Å². The van der Waals surface area contributed by atoms with E-state index in [4.69, 9.17) is 11.0 Å². The quantitative estimate of drug-likeness (QED) is 0.891. The third kappa shape index (κ3) is 2.44. The van der Waals surface area contributed by atoms with E-state index < -0.39 is 0 Å². The highest BCUT2D eigenvalue weighted by Crippen LogP contribution is 2.24. The lowest BCUT2D eigenvalue weighted by atomic mass is 10.1. The number of halogens is 1. The Labute approximate surface area is 109 Å². The summed E-state index contributed by atoms with van der Waals surface area (Å²) in [7, 11) is 0. The first-order valence-corrected chi connectivity index (χ1v) is 6.25. The molecular formula is C13H12FN3S. The first kappa shape index (κ1) is 12.4. The van der Waals surface area contributed by atoms with Crippen molar-refractivity contribution >= 4 is 22.7 Å². The van der Waals surface area contributed by atoms with Crippen molar-refractivity contribution < 1.29 is 4.39 Å². The summed E-state index contributed by atoms with van der Waals surface area (Å²) < 4.78 is 13.6. The van der Waals surface area contributed by atoms with Crippen LogP contribution in [0.25, 0.3) is 0 Å². The van der Waals surface area contributed by atoms with Gasteiger partial charge in [-0.15, -0.1) is 11.3 Å². The van der Waals surface area contributed by atoms with Crippen molar-refractivity contribution in [3.63, 3.8) is 0 Å². The fourth-order valence-corrected chi connectivity index (χ4v) is 2.34. The first-order chi connectivity index (χ1) is 8.61. The van der Waals surface area contributed by atoms with Gasteiger partial charge in [0.05, 0.1) is 18.2 Å². The number of nitrogens with one attached hydrogen (secondary N) is 1. The molecule has 3 nitrogen and oxygen atoms in total. The molecule has 0 spiro atoms. The van der Waals surface area contributed by atoms with Gasteiger partial charge in [0.25, 0.3) is 0 Å². The molecule has 0 aliphatic heterocycles. The molecule has 0 saturated heterocycles. The van der Waals surface area contributed by atoms with E-state index in [1.165, 1.54) is 6.07 Å². The number of anilines is 2. The SMILES string of the molecule is Cc1c(F)cc(C#N)cc1NCc1sccc1N. The molecule has 0 fully saturated rings. The number of benzene rings is 1. The maximum atomic E-state index is 13.6. The Balaban J connectivity index is 2.22. The highest BCUT2D eigenvalue weighted by Gasteiger charge is 2.08. The van der Waals surface area contributed by atoms with Crippen LogP contribution in [0.3, 0.4) is 0 Å². The van der Waals surface area contributed by atoms with Gasteiger partial charge in [0, 0.05) is 21.8 Å². The number of nitrogen functional groups attached to an aromatic ring is 1. The third-order valence-electron chi connectivity index (χ3n) is 2.69. The van der Waals surface area contributed by atoms with Crippen molar-refractivity contribution in [2.75, 3.05) is 11.1 Å². The van der Waals surface area contributed by atoms with Gasteiger partial charge in [0.2, 0.25) is 0 Å². The van der Waals surface area contributed by atoms with E-state index in [2.05, 4.69) is 5.32 Å². The maximum absolute atomic E-state index is 13.6. The molecule has 92 valence electrons. The van der Waals surface area contributed by atoms with E-state index in [0.29, 0.717) is 23.4 Å². The lowest BCUT2D eigenvalue weighted by Gasteiger charge is -2.10. The highest BCUT2D eigenvalue weighted by molar-refractivity contribution is 7.10. The van der Waals surface area contributed by atoms with Gasteiger partial charge in [-0.2, -0.15) is 5.26 Å². The molecule has 1 aromatic carbocycles. The molecule has 0 amide bonds. The van der Waals surface area contributed by atoms with E-state index in [1.807, 2.05) is 17.5 Å². The van der Waals surface area contributed by atoms with Crippen LogP contribution in [-0.2, 0) is 6.54 Å². The Kier molecular flexibility index (Phi) is 3.49. The van der Waals surface area contributed by atoms with E-state index in [-0.39, 0.29) is 5.82 Å². The highest BCUT2D eigenvalue weighted by atomic mass is 32.1. The summed E-state index contributed by atoms with van der Waals surface area (Å²) in [6.45, 7) is 2.20. The van der Waals surface area contributed by atoms with Crippen molar-refractivity contribution in [3.8, 4) is 6.07 Å². The average molecular weight is 261 g/mol. The van der Waals surface area contributed by atoms with Crippen molar-refractivity contribution in [3.05, 3.63) is 45.4 Å². The van der Waals surface area contributed by atoms with Crippen LogP contribution < -0.4 is 11.1 Å². The van der Waals surface area contributed by atoms with Crippen molar-refractivity contribution in [1.29, 1.82) is 5.26 Å². The molecule has 0 aliphatic rings. The van der Waals surface area contributed by atoms with Gasteiger partial charge < -0.3 is 11.1 Å². The Morgan fingerprint density at radius 1 is 1.50 bits per heavy atom. The number of hydrogen-bond donors (Lipinski definition) is 2. The van der Waals surface area contributed by atoms with Crippen molar-refractivity contribution in [1.82, 2.24) is 0 Å². The van der Waals surface area contributed by atoms with Gasteiger partial charge in [0.1, 0.15) is 5.82 Å². The zero-order valence-electron chi connectivity index (χ0n) is 9.83. The number of hydrogen-bond acceptors (Lipinski definition) is 4. The smallest absolute Gasteiger partial charge is 0.129 e. The van der Waals surface area contributed by atoms with Crippen molar-refractivity contribution in [2.24, 2.45) is 0 Å². The van der Waals surface area contributed by atoms with E-state index in [9.17, 15) is 4.39 Å². The van der Waals surface area contributed by atoms with E-state index >= 15 is 0 Å². The number of nitrogens with zero attached hydrogens (tertiary/aromatic N) is 1. The van der Waals surface area contributed by atoms with Crippen LogP contribution in [0.5, 0.6) is 0 Å². The van der Waals surface area contributed by atoms with E-state index in [1.54, 1.807) is 24.3 Å². The molecule has 2 aromatic rings. The first-order valence-electron chi connectivity index (χ1n) is 5.37. The topological polar surface area (TPSA) is 61.8 Å². The molecule has 1 aromatic heterocycles. The lowest BCUT2D eigenvalue weighted by molar-refractivity contribution is 0.618. The average Bonchev–Trinajstić information content (AvgIpc) is 2.76. The summed E-state index contributed by atoms with van der Waals surface area (Å²) in [5.74, 6) is -0.379. The van der Waals surface area contributed by atoms with Gasteiger partial charge in [-0.1, -0.05) is 0 Å². The standard InChI is InChI=1S/C13H12FN3S/c1-8-10(14)4-9(6-15)5-12(8)17-7-13-11(16)2-3-18-13/h2-5,17H,7,16H2,1H3. The zero-order valence-corrected chi connectivity index (χ0v) is 10.6. The maximum Gasteiger partial charge on any atom is 0.129 e. The predicted molar refractivity (Wildman–Crippen MR) is 71.9 cm³/mol. The van der Waals surface area contributed by atoms with Crippen LogP contribution in [-0.4, -0.2) is 0 Å². The second-order valence-corrected chi connectivity index (χ2v) is 4.90. The Hall–Kier alpha value is -2.06. The second-order valence-electron chi connectivity index (χ2n) is 3.90. The second kappa shape index (κ2) is 5.07. The molecule has 5 heteroatoms. The van der Waals surface area contributed by atoms with E-state index in [0.717, 1.165) is 10.6 Å². The lowest BCUT2D eigenvalue weighted by Crippen LogP contribution is -2.03. The van der Waals surface area contributed by atoms with Crippen LogP contribution in [0.15, 0.2) is 23.6 Å². The fourth-order valence-electron chi connectivity index (χ4n) is 1.60. The number of thiophene rings is 1. The van der Waals surface area contributed by atoms with Gasteiger partial charge in [-0.3, -0.25) is 0 Å². The van der Waals surface area contributed by atoms with Crippen LogP contribution in [0.2, 0.25) is 0 Å². The normalized spacial score (nSPS) is 10.1. The number of rotatable bonds is 3. The van der Waals surface area contributed by atoms with Crippen LogP contribution in [0.1, 0.15) is 16.0 Å². The summed E-state index contributed by atoms with van der Waals surface area (Å²) in [6.07, 6.45) is 0. The Morgan fingerprint density at radius 3 is 2.89 bits per heavy atom. The molecule has 0 bridgehead atoms. The molecular weight excluding hydrogens is 249 g/mol. The molecule has 1 heterocycles. The Morgan fingerprint density at radius 2 is 2.28 bits per heavy atom. The molecule has 0 saturated carbocycles. The molecule has 2 rings (SSSR count). The molecule has 0 radical (unpaired) electrons. The summed E-state index contributed by atoms with van der Waals surface area (Å²) in [6, 6.07) is 6.65. The van der Waals surface area contributed by atoms with Crippen LogP contribution >= 0.6 is 11.3 Å². The number of nitriles is 1. The predicted octanol–water partition coefficient (Wildman–Crippen LogP) is 3.26. The fraction of sp³-hybridized carbons (Fsp3) is 0.154. The van der Waals surface area contributed by atoms with Crippen molar-refractivity contribution in [2.45, 2.75) is 13.5 Å². The van der Waals surface area contributed by atoms with Gasteiger partial charge in [-0.05, 0) is 30.5 Å². The zero-order chi connectivity index (χ0) is 13.1. The van der Waals surface area contributed by atoms with Gasteiger partial charge >= 0.3 is 0 Å². The molecule has 0 unspecified atom stereocenters. The minimum absolute atomic E-state index is 0.305. The third-order valence-corrected chi connectivity index (χ3v) is 3.63. The Bertz CT molecular complexity index is 613. The largest absolute Gasteiger partial charge is 0.398 e. The minimum Gasteiger partial charge on any atom is -0.398 e. The molecule has 0 aliphatic carbocycles. The summed E-state index contributed by atoms with van der Waals surface area (Å²) in [4.78, 5) is 0.997. The number of nitrogens with two attached hydrogens (primary N) is 1. The van der Waals surface area contributed by atoms with Crippen LogP contribution in [0.4, 0.5) is 15.8 Å². The monoisotopic (exact) mass is 261 g/mol. The van der Waals surface area contributed by atoms with Gasteiger partial charge in [0.15, 0.2) is 0 Å².